The minimum Gasteiger partial charge on any atom is -0.493 e. The summed E-state index contributed by atoms with van der Waals surface area (Å²) in [4.78, 5) is 16.4. The number of ether oxygens (including phenoxy) is 1. The van der Waals surface area contributed by atoms with Gasteiger partial charge in [-0.3, -0.25) is 4.79 Å². The Morgan fingerprint density at radius 3 is 3.11 bits per heavy atom. The Bertz CT molecular complexity index is 614. The summed E-state index contributed by atoms with van der Waals surface area (Å²) in [6.07, 6.45) is 2.37. The monoisotopic (exact) mass is 338 g/mol. The van der Waals surface area contributed by atoms with E-state index in [9.17, 15) is 4.79 Å². The number of hydrogen-bond acceptors (Lipinski definition) is 4. The van der Waals surface area contributed by atoms with Gasteiger partial charge in [-0.2, -0.15) is 0 Å². The minimum atomic E-state index is -0.173. The molecule has 2 aromatic rings. The number of para-hydroxylation sites is 1. The predicted octanol–water partition coefficient (Wildman–Crippen LogP) is 3.41. The zero-order valence-electron chi connectivity index (χ0n) is 9.93. The predicted molar refractivity (Wildman–Crippen MR) is 77.7 cm³/mol. The summed E-state index contributed by atoms with van der Waals surface area (Å²) in [5, 5.41) is 3.47. The number of rotatable bonds is 2. The third-order valence-electron chi connectivity index (χ3n) is 2.98. The zero-order chi connectivity index (χ0) is 13.2. The van der Waals surface area contributed by atoms with E-state index < -0.39 is 0 Å². The molecule has 3 rings (SSSR count). The Morgan fingerprint density at radius 1 is 1.47 bits per heavy atom. The van der Waals surface area contributed by atoms with E-state index in [1.54, 1.807) is 6.20 Å². The van der Waals surface area contributed by atoms with Crippen molar-refractivity contribution in [2.45, 2.75) is 12.3 Å². The average molecular weight is 339 g/mol. The van der Waals surface area contributed by atoms with Gasteiger partial charge < -0.3 is 10.1 Å². The van der Waals surface area contributed by atoms with E-state index >= 15 is 0 Å². The van der Waals surface area contributed by atoms with Gasteiger partial charge in [0.05, 0.1) is 22.5 Å². The molecule has 1 aromatic carbocycles. The van der Waals surface area contributed by atoms with Crippen LogP contribution >= 0.6 is 27.3 Å². The highest BCUT2D eigenvalue weighted by Crippen LogP contribution is 2.34. The molecular formula is C13H11BrN2O2S. The van der Waals surface area contributed by atoms with Gasteiger partial charge in [0.25, 0.3) is 0 Å². The Labute approximate surface area is 122 Å². The van der Waals surface area contributed by atoms with Crippen LogP contribution in [-0.4, -0.2) is 17.5 Å². The molecule has 1 aliphatic heterocycles. The first-order valence-electron chi connectivity index (χ1n) is 5.88. The molecule has 0 aliphatic carbocycles. The smallest absolute Gasteiger partial charge is 0.233 e. The lowest BCUT2D eigenvalue weighted by atomic mass is 9.92. The fourth-order valence-electron chi connectivity index (χ4n) is 2.12. The standard InChI is InChI=1S/C13H11BrN2O2S/c14-11-7-15-13(19-11)16-12(17)9-5-6-18-10-4-2-1-3-8(9)10/h1-4,7,9H,5-6H2,(H,15,16,17). The van der Waals surface area contributed by atoms with Crippen LogP contribution in [0.15, 0.2) is 34.2 Å². The summed E-state index contributed by atoms with van der Waals surface area (Å²) < 4.78 is 6.46. The highest BCUT2D eigenvalue weighted by Gasteiger charge is 2.27. The molecule has 0 spiro atoms. The van der Waals surface area contributed by atoms with Crippen LogP contribution in [0.25, 0.3) is 0 Å². The molecule has 0 bridgehead atoms. The van der Waals surface area contributed by atoms with Crippen LogP contribution in [-0.2, 0) is 4.79 Å². The largest absolute Gasteiger partial charge is 0.493 e. The molecule has 1 amide bonds. The molecule has 0 radical (unpaired) electrons. The second-order valence-corrected chi connectivity index (χ2v) is 6.60. The lowest BCUT2D eigenvalue weighted by molar-refractivity contribution is -0.118. The molecule has 1 aliphatic rings. The lowest BCUT2D eigenvalue weighted by Gasteiger charge is -2.24. The number of hydrogen-bond donors (Lipinski definition) is 1. The number of thiazole rings is 1. The van der Waals surface area contributed by atoms with Crippen molar-refractivity contribution in [1.82, 2.24) is 4.98 Å². The van der Waals surface area contributed by atoms with Gasteiger partial charge in [-0.05, 0) is 28.4 Å². The zero-order valence-corrected chi connectivity index (χ0v) is 12.3. The lowest BCUT2D eigenvalue weighted by Crippen LogP contribution is -2.26. The van der Waals surface area contributed by atoms with Crippen molar-refractivity contribution in [2.75, 3.05) is 11.9 Å². The van der Waals surface area contributed by atoms with Gasteiger partial charge in [0.2, 0.25) is 5.91 Å². The van der Waals surface area contributed by atoms with E-state index in [1.807, 2.05) is 24.3 Å². The van der Waals surface area contributed by atoms with Crippen LogP contribution < -0.4 is 10.1 Å². The number of carbonyl (C=O) groups is 1. The average Bonchev–Trinajstić information content (AvgIpc) is 2.83. The van der Waals surface area contributed by atoms with Crippen molar-refractivity contribution in [1.29, 1.82) is 0 Å². The number of fused-ring (bicyclic) bond motifs is 1. The van der Waals surface area contributed by atoms with E-state index in [-0.39, 0.29) is 11.8 Å². The van der Waals surface area contributed by atoms with Crippen molar-refractivity contribution in [2.24, 2.45) is 0 Å². The number of amides is 1. The van der Waals surface area contributed by atoms with Crippen molar-refractivity contribution >= 4 is 38.3 Å². The maximum absolute atomic E-state index is 12.3. The first-order valence-corrected chi connectivity index (χ1v) is 7.49. The first kappa shape index (κ1) is 12.6. The third-order valence-corrected chi connectivity index (χ3v) is 4.37. The van der Waals surface area contributed by atoms with Crippen LogP contribution in [0.3, 0.4) is 0 Å². The number of carbonyl (C=O) groups excluding carboxylic acids is 1. The van der Waals surface area contributed by atoms with Gasteiger partial charge in [0, 0.05) is 5.56 Å². The van der Waals surface area contributed by atoms with Gasteiger partial charge in [0.1, 0.15) is 5.75 Å². The van der Waals surface area contributed by atoms with E-state index in [1.165, 1.54) is 11.3 Å². The van der Waals surface area contributed by atoms with Gasteiger partial charge in [-0.25, -0.2) is 4.98 Å². The molecule has 6 heteroatoms. The maximum Gasteiger partial charge on any atom is 0.233 e. The van der Waals surface area contributed by atoms with Gasteiger partial charge in [-0.15, -0.1) is 0 Å². The van der Waals surface area contributed by atoms with Crippen molar-refractivity contribution in [3.8, 4) is 5.75 Å². The number of aromatic nitrogens is 1. The molecule has 1 aromatic heterocycles. The van der Waals surface area contributed by atoms with Gasteiger partial charge in [0.15, 0.2) is 5.13 Å². The Morgan fingerprint density at radius 2 is 2.32 bits per heavy atom. The number of halogens is 1. The summed E-state index contributed by atoms with van der Waals surface area (Å²) in [5.41, 5.74) is 0.946. The molecule has 4 nitrogen and oxygen atoms in total. The van der Waals surface area contributed by atoms with Gasteiger partial charge >= 0.3 is 0 Å². The number of nitrogens with zero attached hydrogens (tertiary/aromatic N) is 1. The second kappa shape index (κ2) is 5.30. The fourth-order valence-corrected chi connectivity index (χ4v) is 3.23. The topological polar surface area (TPSA) is 51.2 Å². The number of anilines is 1. The normalized spacial score (nSPS) is 17.4. The Kier molecular flexibility index (Phi) is 3.52. The summed E-state index contributed by atoms with van der Waals surface area (Å²) in [6, 6.07) is 7.68. The van der Waals surface area contributed by atoms with E-state index in [2.05, 4.69) is 26.2 Å². The first-order chi connectivity index (χ1) is 9.24. The summed E-state index contributed by atoms with van der Waals surface area (Å²) >= 11 is 4.73. The van der Waals surface area contributed by atoms with Crippen LogP contribution in [0, 0.1) is 0 Å². The fraction of sp³-hybridized carbons (Fsp3) is 0.231. The van der Waals surface area contributed by atoms with Crippen molar-refractivity contribution < 1.29 is 9.53 Å². The molecule has 0 saturated heterocycles. The minimum absolute atomic E-state index is 0.0300. The molecule has 1 N–H and O–H groups in total. The molecule has 19 heavy (non-hydrogen) atoms. The van der Waals surface area contributed by atoms with Crippen LogP contribution in [0.5, 0.6) is 5.75 Å². The molecule has 98 valence electrons. The SMILES string of the molecule is O=C(Nc1ncc(Br)s1)C1CCOc2ccccc21. The summed E-state index contributed by atoms with van der Waals surface area (Å²) in [6.45, 7) is 0.566. The Balaban J connectivity index is 1.81. The third kappa shape index (κ3) is 2.64. The molecule has 0 saturated carbocycles. The van der Waals surface area contributed by atoms with Crippen LogP contribution in [0.2, 0.25) is 0 Å². The quantitative estimate of drug-likeness (QED) is 0.912. The van der Waals surface area contributed by atoms with E-state index in [4.69, 9.17) is 4.74 Å². The highest BCUT2D eigenvalue weighted by atomic mass is 79.9. The molecule has 0 fully saturated rings. The van der Waals surface area contributed by atoms with Crippen LogP contribution in [0.4, 0.5) is 5.13 Å². The van der Waals surface area contributed by atoms with Crippen LogP contribution in [0.1, 0.15) is 17.9 Å². The molecule has 2 heterocycles. The highest BCUT2D eigenvalue weighted by molar-refractivity contribution is 9.11. The Hall–Kier alpha value is -1.40. The summed E-state index contributed by atoms with van der Waals surface area (Å²) in [7, 11) is 0. The van der Waals surface area contributed by atoms with Crippen molar-refractivity contribution in [3.05, 3.63) is 39.8 Å². The second-order valence-electron chi connectivity index (χ2n) is 4.19. The number of benzene rings is 1. The van der Waals surface area contributed by atoms with Gasteiger partial charge in [-0.1, -0.05) is 29.5 Å². The van der Waals surface area contributed by atoms with E-state index in [0.29, 0.717) is 18.2 Å². The molecule has 1 atom stereocenters. The molecule has 1 unspecified atom stereocenters. The summed E-state index contributed by atoms with van der Waals surface area (Å²) in [5.74, 6) is 0.597. The maximum atomic E-state index is 12.3. The molecular weight excluding hydrogens is 328 g/mol. The van der Waals surface area contributed by atoms with Crippen molar-refractivity contribution in [3.63, 3.8) is 0 Å². The number of nitrogens with one attached hydrogen (secondary N) is 1. The van der Waals surface area contributed by atoms with E-state index in [0.717, 1.165) is 15.1 Å².